The van der Waals surface area contributed by atoms with E-state index in [0.717, 1.165) is 30.2 Å². The first-order valence-electron chi connectivity index (χ1n) is 8.82. The molecule has 2 heterocycles. The lowest BCUT2D eigenvalue weighted by molar-refractivity contribution is 0.0124. The van der Waals surface area contributed by atoms with Crippen LogP contribution in [-0.4, -0.2) is 47.0 Å². The summed E-state index contributed by atoms with van der Waals surface area (Å²) in [6, 6.07) is 3.42. The molecular formula is C18H18F2N4O2. The topological polar surface area (TPSA) is 59.4 Å². The number of carbonyl (C=O) groups excluding carboxylic acids is 1. The van der Waals surface area contributed by atoms with E-state index in [1.165, 1.54) is 16.8 Å². The molecule has 1 saturated heterocycles. The molecule has 1 saturated carbocycles. The fraction of sp³-hybridized carbons (Fsp3) is 0.444. The summed E-state index contributed by atoms with van der Waals surface area (Å²) in [5, 5.41) is 6.23. The predicted molar refractivity (Wildman–Crippen MR) is 87.9 cm³/mol. The normalized spacial score (nSPS) is 24.2. The van der Waals surface area contributed by atoms with E-state index < -0.39 is 11.6 Å². The van der Waals surface area contributed by atoms with E-state index in [1.807, 2.05) is 5.01 Å². The van der Waals surface area contributed by atoms with Gasteiger partial charge in [-0.1, -0.05) is 0 Å². The first-order valence-corrected chi connectivity index (χ1v) is 8.82. The highest BCUT2D eigenvalue weighted by Gasteiger charge is 2.50. The van der Waals surface area contributed by atoms with Crippen molar-refractivity contribution < 1.29 is 18.3 Å². The third kappa shape index (κ3) is 2.52. The number of amides is 1. The van der Waals surface area contributed by atoms with Gasteiger partial charge in [0.05, 0.1) is 18.9 Å². The van der Waals surface area contributed by atoms with Gasteiger partial charge in [-0.05, 0) is 30.9 Å². The summed E-state index contributed by atoms with van der Waals surface area (Å²) in [7, 11) is 0. The molecular weight excluding hydrogens is 342 g/mol. The van der Waals surface area contributed by atoms with E-state index >= 15 is 0 Å². The van der Waals surface area contributed by atoms with Crippen LogP contribution in [0.2, 0.25) is 0 Å². The third-order valence-electron chi connectivity index (χ3n) is 5.39. The molecule has 5 rings (SSSR count). The number of hydrazine groups is 1. The summed E-state index contributed by atoms with van der Waals surface area (Å²) in [6.45, 7) is 2.37. The molecule has 2 aromatic rings. The van der Waals surface area contributed by atoms with E-state index in [-0.39, 0.29) is 11.6 Å². The third-order valence-corrected chi connectivity index (χ3v) is 5.39. The molecule has 1 amide bonds. The van der Waals surface area contributed by atoms with E-state index in [4.69, 9.17) is 4.74 Å². The summed E-state index contributed by atoms with van der Waals surface area (Å²) in [5.74, 6) is -0.783. The largest absolute Gasteiger partial charge is 0.379 e. The van der Waals surface area contributed by atoms with Crippen molar-refractivity contribution in [2.45, 2.75) is 18.8 Å². The summed E-state index contributed by atoms with van der Waals surface area (Å²) in [6.07, 6.45) is 1.82. The van der Waals surface area contributed by atoms with Crippen LogP contribution in [0.25, 0.3) is 5.69 Å². The summed E-state index contributed by atoms with van der Waals surface area (Å²) in [5.41, 5.74) is 5.17. The molecule has 1 N–H and O–H groups in total. The van der Waals surface area contributed by atoms with Crippen LogP contribution < -0.4 is 5.43 Å². The van der Waals surface area contributed by atoms with Gasteiger partial charge in [0.15, 0.2) is 11.5 Å². The zero-order valence-electron chi connectivity index (χ0n) is 14.0. The molecule has 2 atom stereocenters. The lowest BCUT2D eigenvalue weighted by Gasteiger charge is -2.26. The molecule has 0 radical (unpaired) electrons. The molecule has 2 fully saturated rings. The van der Waals surface area contributed by atoms with Crippen molar-refractivity contribution in [1.82, 2.24) is 20.2 Å². The summed E-state index contributed by atoms with van der Waals surface area (Å²) < 4.78 is 34.3. The maximum absolute atomic E-state index is 14.3. The van der Waals surface area contributed by atoms with Gasteiger partial charge < -0.3 is 4.74 Å². The van der Waals surface area contributed by atoms with Gasteiger partial charge in [-0.3, -0.25) is 10.2 Å². The second-order valence-corrected chi connectivity index (χ2v) is 7.07. The van der Waals surface area contributed by atoms with Gasteiger partial charge in [-0.2, -0.15) is 5.10 Å². The van der Waals surface area contributed by atoms with Crippen molar-refractivity contribution in [2.75, 3.05) is 26.3 Å². The average Bonchev–Trinajstić information content (AvgIpc) is 3.12. The highest BCUT2D eigenvalue weighted by atomic mass is 19.1. The molecule has 26 heavy (non-hydrogen) atoms. The van der Waals surface area contributed by atoms with Crippen LogP contribution in [0.3, 0.4) is 0 Å². The number of fused-ring (bicyclic) bond motifs is 3. The van der Waals surface area contributed by atoms with Crippen molar-refractivity contribution in [3.05, 3.63) is 46.8 Å². The van der Waals surface area contributed by atoms with Crippen LogP contribution in [0.4, 0.5) is 8.78 Å². The fourth-order valence-corrected chi connectivity index (χ4v) is 4.01. The maximum atomic E-state index is 14.3. The van der Waals surface area contributed by atoms with Gasteiger partial charge in [-0.15, -0.1) is 0 Å². The van der Waals surface area contributed by atoms with Gasteiger partial charge in [0.2, 0.25) is 0 Å². The minimum Gasteiger partial charge on any atom is -0.379 e. The quantitative estimate of drug-likeness (QED) is 0.907. The van der Waals surface area contributed by atoms with Gasteiger partial charge in [0, 0.05) is 30.6 Å². The van der Waals surface area contributed by atoms with Crippen LogP contribution >= 0.6 is 0 Å². The van der Waals surface area contributed by atoms with Gasteiger partial charge in [0.1, 0.15) is 11.5 Å². The lowest BCUT2D eigenvalue weighted by atomic mass is 10.1. The zero-order chi connectivity index (χ0) is 17.8. The molecule has 0 bridgehead atoms. The number of halogens is 2. The molecule has 1 aliphatic heterocycles. The van der Waals surface area contributed by atoms with Crippen molar-refractivity contribution in [3.63, 3.8) is 0 Å². The number of nitrogens with zero attached hydrogens (tertiary/aromatic N) is 3. The Bertz CT molecular complexity index is 892. The van der Waals surface area contributed by atoms with Crippen LogP contribution in [-0.2, 0) is 11.2 Å². The number of nitrogens with one attached hydrogen (secondary N) is 1. The monoisotopic (exact) mass is 360 g/mol. The van der Waals surface area contributed by atoms with E-state index in [1.54, 1.807) is 0 Å². The Hall–Kier alpha value is -2.32. The second-order valence-electron chi connectivity index (χ2n) is 7.07. The summed E-state index contributed by atoms with van der Waals surface area (Å²) >= 11 is 0. The van der Waals surface area contributed by atoms with Crippen LogP contribution in [0.15, 0.2) is 18.2 Å². The van der Waals surface area contributed by atoms with E-state index in [2.05, 4.69) is 10.5 Å². The first kappa shape index (κ1) is 15.9. The Morgan fingerprint density at radius 1 is 1.27 bits per heavy atom. The Morgan fingerprint density at radius 3 is 2.85 bits per heavy atom. The zero-order valence-corrected chi connectivity index (χ0v) is 14.0. The number of aromatic nitrogens is 2. The first-order chi connectivity index (χ1) is 12.6. The number of hydrogen-bond donors (Lipinski definition) is 1. The van der Waals surface area contributed by atoms with E-state index in [9.17, 15) is 13.6 Å². The molecule has 136 valence electrons. The van der Waals surface area contributed by atoms with Gasteiger partial charge >= 0.3 is 0 Å². The number of carbonyl (C=O) groups is 1. The number of hydrogen-bond acceptors (Lipinski definition) is 4. The standard InChI is InChI=1S/C18H18F2N4O2/c19-11-1-2-15(14(20)9-11)24-17-12-7-10(12)8-13(17)16(21-24)18(25)22-23-3-5-26-6-4-23/h1-2,9-10,12H,3-8H2,(H,22,25)/t10-,12-/m1/s1. The minimum atomic E-state index is -0.681. The smallest absolute Gasteiger partial charge is 0.286 e. The van der Waals surface area contributed by atoms with E-state index in [0.29, 0.717) is 43.8 Å². The van der Waals surface area contributed by atoms with Crippen molar-refractivity contribution in [2.24, 2.45) is 5.92 Å². The van der Waals surface area contributed by atoms with Gasteiger partial charge in [0.25, 0.3) is 5.91 Å². The Morgan fingerprint density at radius 2 is 2.08 bits per heavy atom. The number of benzene rings is 1. The number of ether oxygens (including phenoxy) is 1. The highest BCUT2D eigenvalue weighted by molar-refractivity contribution is 5.94. The second kappa shape index (κ2) is 5.85. The highest BCUT2D eigenvalue weighted by Crippen LogP contribution is 2.57. The Labute approximate surface area is 148 Å². The van der Waals surface area contributed by atoms with Crippen molar-refractivity contribution >= 4 is 5.91 Å². The molecule has 0 spiro atoms. The molecule has 6 nitrogen and oxygen atoms in total. The molecule has 3 aliphatic rings. The van der Waals surface area contributed by atoms with Crippen LogP contribution in [0, 0.1) is 17.6 Å². The van der Waals surface area contributed by atoms with Crippen molar-refractivity contribution in [3.8, 4) is 5.69 Å². The lowest BCUT2D eigenvalue weighted by Crippen LogP contribution is -2.48. The average molecular weight is 360 g/mol. The van der Waals surface area contributed by atoms with Crippen LogP contribution in [0.5, 0.6) is 0 Å². The predicted octanol–water partition coefficient (Wildman–Crippen LogP) is 1.79. The van der Waals surface area contributed by atoms with Crippen LogP contribution in [0.1, 0.15) is 34.1 Å². The fourth-order valence-electron chi connectivity index (χ4n) is 4.01. The molecule has 1 aromatic heterocycles. The maximum Gasteiger partial charge on any atom is 0.286 e. The minimum absolute atomic E-state index is 0.181. The Kier molecular flexibility index (Phi) is 3.58. The number of rotatable bonds is 3. The van der Waals surface area contributed by atoms with Gasteiger partial charge in [-0.25, -0.2) is 18.5 Å². The molecule has 2 aliphatic carbocycles. The summed E-state index contributed by atoms with van der Waals surface area (Å²) in [4.78, 5) is 12.8. The number of morpholine rings is 1. The molecule has 0 unspecified atom stereocenters. The van der Waals surface area contributed by atoms with Crippen molar-refractivity contribution in [1.29, 1.82) is 0 Å². The molecule has 1 aromatic carbocycles. The Balaban J connectivity index is 1.51. The molecule has 8 heteroatoms. The SMILES string of the molecule is O=C(NN1CCOCC1)c1nn(-c2ccc(F)cc2F)c2c1C[C@H]1C[C@@H]21.